The molecular weight excluding hydrogens is 379 g/mol. The van der Waals surface area contributed by atoms with Crippen LogP contribution in [0, 0.1) is 0 Å². The van der Waals surface area contributed by atoms with Crippen LogP contribution in [0.3, 0.4) is 0 Å². The molecule has 5 heteroatoms. The molecule has 0 atom stereocenters. The second-order valence-corrected chi connectivity index (χ2v) is 9.25. The largest absolute Gasteiger partial charge is 1.00 e. The molecule has 158 valence electrons. The molecule has 1 aromatic carbocycles. The molecule has 0 aliphatic rings. The maximum absolute atomic E-state index is 11.9. The quantitative estimate of drug-likeness (QED) is 0.204. The molecule has 3 nitrogen and oxygen atoms in total. The molecular formula is C23H41NaO3S. The van der Waals surface area contributed by atoms with E-state index in [0.29, 0.717) is 6.61 Å². The Morgan fingerprint density at radius 1 is 0.714 bits per heavy atom. The van der Waals surface area contributed by atoms with E-state index in [-0.39, 0.29) is 36.7 Å². The Hall–Kier alpha value is 0.130. The molecule has 0 aromatic heterocycles. The van der Waals surface area contributed by atoms with Gasteiger partial charge in [0.1, 0.15) is 5.75 Å². The number of rotatable bonds is 18. The first kappa shape index (κ1) is 28.1. The Balaban J connectivity index is 0. The number of unbranched alkanes of at least 4 members (excludes halogenated alkanes) is 13. The maximum atomic E-state index is 11.9. The SMILES string of the molecule is CCCCCCCCCCCCCCCCOS(=O)(=O)Cc1ccccc1.[H-].[Na+]. The minimum Gasteiger partial charge on any atom is -1.00 e. The van der Waals surface area contributed by atoms with E-state index >= 15 is 0 Å². The molecule has 0 radical (unpaired) electrons. The van der Waals surface area contributed by atoms with Crippen LogP contribution in [0.4, 0.5) is 0 Å². The van der Waals surface area contributed by atoms with E-state index in [1.807, 2.05) is 30.3 Å². The summed E-state index contributed by atoms with van der Waals surface area (Å²) in [5.41, 5.74) is 0.776. The van der Waals surface area contributed by atoms with Gasteiger partial charge < -0.3 is 1.43 Å². The van der Waals surface area contributed by atoms with Gasteiger partial charge in [-0.1, -0.05) is 121 Å². The van der Waals surface area contributed by atoms with Gasteiger partial charge in [-0.15, -0.1) is 0 Å². The zero-order valence-electron chi connectivity index (χ0n) is 19.3. The normalized spacial score (nSPS) is 11.3. The van der Waals surface area contributed by atoms with Crippen LogP contribution >= 0.6 is 0 Å². The predicted molar refractivity (Wildman–Crippen MR) is 116 cm³/mol. The summed E-state index contributed by atoms with van der Waals surface area (Å²) in [7, 11) is -3.45. The zero-order chi connectivity index (χ0) is 19.6. The third-order valence-corrected chi connectivity index (χ3v) is 6.16. The fourth-order valence-corrected chi connectivity index (χ4v) is 4.36. The summed E-state index contributed by atoms with van der Waals surface area (Å²) in [6.45, 7) is 2.58. The van der Waals surface area contributed by atoms with Crippen molar-refractivity contribution in [1.82, 2.24) is 0 Å². The maximum Gasteiger partial charge on any atom is 1.00 e. The standard InChI is InChI=1S/C23H40O3S.Na.H/c1-2-3-4-5-6-7-8-9-10-11-12-13-14-18-21-26-27(24,25)22-23-19-16-15-17-20-23;;/h15-17,19-20H,2-14,18,21-22H2,1H3;;/q;+1;-1. The van der Waals surface area contributed by atoms with Gasteiger partial charge in [0.15, 0.2) is 0 Å². The van der Waals surface area contributed by atoms with Crippen molar-refractivity contribution in [3.63, 3.8) is 0 Å². The van der Waals surface area contributed by atoms with E-state index in [9.17, 15) is 8.42 Å². The molecule has 0 spiro atoms. The van der Waals surface area contributed by atoms with Gasteiger partial charge >= 0.3 is 29.6 Å². The summed E-state index contributed by atoms with van der Waals surface area (Å²) in [5, 5.41) is 0. The van der Waals surface area contributed by atoms with E-state index in [4.69, 9.17) is 4.18 Å². The predicted octanol–water partition coefficient (Wildman–Crippen LogP) is 4.13. The van der Waals surface area contributed by atoms with Gasteiger partial charge in [0.05, 0.1) is 6.61 Å². The topological polar surface area (TPSA) is 43.4 Å². The molecule has 0 N–H and O–H groups in total. The molecule has 0 aliphatic carbocycles. The first-order chi connectivity index (χ1) is 13.1. The molecule has 0 saturated heterocycles. The third kappa shape index (κ3) is 17.0. The summed E-state index contributed by atoms with van der Waals surface area (Å²) in [5.74, 6) is -0.0353. The average molecular weight is 421 g/mol. The second-order valence-electron chi connectivity index (χ2n) is 7.61. The van der Waals surface area contributed by atoms with Crippen molar-refractivity contribution in [2.75, 3.05) is 6.61 Å². The molecule has 0 fully saturated rings. The fraction of sp³-hybridized carbons (Fsp3) is 0.739. The molecule has 1 aromatic rings. The minimum absolute atomic E-state index is 0. The van der Waals surface area contributed by atoms with Crippen molar-refractivity contribution in [3.05, 3.63) is 35.9 Å². The van der Waals surface area contributed by atoms with Crippen LogP contribution in [0.25, 0.3) is 0 Å². The van der Waals surface area contributed by atoms with E-state index in [2.05, 4.69) is 6.92 Å². The van der Waals surface area contributed by atoms with Crippen molar-refractivity contribution in [2.45, 2.75) is 103 Å². The third-order valence-electron chi connectivity index (χ3n) is 4.95. The van der Waals surface area contributed by atoms with Gasteiger partial charge in [0.2, 0.25) is 0 Å². The van der Waals surface area contributed by atoms with E-state index in [1.165, 1.54) is 77.0 Å². The van der Waals surface area contributed by atoms with Crippen molar-refractivity contribution < 1.29 is 43.6 Å². The van der Waals surface area contributed by atoms with Gasteiger partial charge in [-0.25, -0.2) is 0 Å². The summed E-state index contributed by atoms with van der Waals surface area (Å²) in [4.78, 5) is 0. The summed E-state index contributed by atoms with van der Waals surface area (Å²) in [6.07, 6.45) is 18.1. The van der Waals surface area contributed by atoms with Crippen molar-refractivity contribution >= 4 is 10.1 Å². The Bertz CT molecular complexity index is 553. The minimum atomic E-state index is -3.45. The Labute approximate surface area is 197 Å². The van der Waals surface area contributed by atoms with Crippen LogP contribution in [-0.2, 0) is 20.1 Å². The molecule has 0 heterocycles. The first-order valence-corrected chi connectivity index (χ1v) is 12.6. The van der Waals surface area contributed by atoms with Crippen LogP contribution in [0.2, 0.25) is 0 Å². The first-order valence-electron chi connectivity index (χ1n) is 11.0. The van der Waals surface area contributed by atoms with Crippen molar-refractivity contribution in [3.8, 4) is 0 Å². The van der Waals surface area contributed by atoms with E-state index in [0.717, 1.165) is 18.4 Å². The monoisotopic (exact) mass is 420 g/mol. The van der Waals surface area contributed by atoms with Crippen LogP contribution < -0.4 is 29.6 Å². The molecule has 1 rings (SSSR count). The zero-order valence-corrected chi connectivity index (χ0v) is 21.1. The van der Waals surface area contributed by atoms with Crippen LogP contribution in [0.5, 0.6) is 0 Å². The average Bonchev–Trinajstić information content (AvgIpc) is 2.65. The van der Waals surface area contributed by atoms with E-state index < -0.39 is 10.1 Å². The summed E-state index contributed by atoms with van der Waals surface area (Å²) >= 11 is 0. The number of benzene rings is 1. The molecule has 0 aliphatic heterocycles. The van der Waals surface area contributed by atoms with Gasteiger partial charge in [-0.3, -0.25) is 4.18 Å². The van der Waals surface area contributed by atoms with Crippen LogP contribution in [0.1, 0.15) is 104 Å². The summed E-state index contributed by atoms with van der Waals surface area (Å²) in [6, 6.07) is 9.20. The van der Waals surface area contributed by atoms with Gasteiger partial charge in [0, 0.05) is 0 Å². The van der Waals surface area contributed by atoms with E-state index in [1.54, 1.807) is 0 Å². The Kier molecular flexibility index (Phi) is 19.2. The van der Waals surface area contributed by atoms with Gasteiger partial charge in [-0.05, 0) is 12.0 Å². The van der Waals surface area contributed by atoms with Gasteiger partial charge in [-0.2, -0.15) is 8.42 Å². The van der Waals surface area contributed by atoms with Crippen LogP contribution in [0.15, 0.2) is 30.3 Å². The second kappa shape index (κ2) is 19.1. The van der Waals surface area contributed by atoms with Crippen molar-refractivity contribution in [1.29, 1.82) is 0 Å². The van der Waals surface area contributed by atoms with Crippen molar-refractivity contribution in [2.24, 2.45) is 0 Å². The smallest absolute Gasteiger partial charge is 1.00 e. The molecule has 0 bridgehead atoms. The van der Waals surface area contributed by atoms with Gasteiger partial charge in [0.25, 0.3) is 10.1 Å². The Morgan fingerprint density at radius 2 is 1.14 bits per heavy atom. The molecule has 0 amide bonds. The number of hydrogen-bond donors (Lipinski definition) is 0. The molecule has 0 unspecified atom stereocenters. The molecule has 28 heavy (non-hydrogen) atoms. The summed E-state index contributed by atoms with van der Waals surface area (Å²) < 4.78 is 28.9. The van der Waals surface area contributed by atoms with Crippen LogP contribution in [-0.4, -0.2) is 15.0 Å². The number of hydrogen-bond acceptors (Lipinski definition) is 3. The molecule has 0 saturated carbocycles. The fourth-order valence-electron chi connectivity index (χ4n) is 3.30. The Morgan fingerprint density at radius 3 is 1.61 bits per heavy atom.